The van der Waals surface area contributed by atoms with E-state index in [-0.39, 0.29) is 11.9 Å². The quantitative estimate of drug-likeness (QED) is 0.528. The number of nitrogens with zero attached hydrogens (tertiary/aromatic N) is 2. The van der Waals surface area contributed by atoms with Crippen molar-refractivity contribution in [2.45, 2.75) is 25.8 Å². The van der Waals surface area contributed by atoms with Gasteiger partial charge < -0.3 is 15.8 Å². The molecule has 1 heterocycles. The summed E-state index contributed by atoms with van der Waals surface area (Å²) in [6, 6.07) is 1.53. The Morgan fingerprint density at radius 2 is 2.54 bits per heavy atom. The summed E-state index contributed by atoms with van der Waals surface area (Å²) in [5, 5.41) is 16.4. The number of H-pyrrole nitrogens is 1. The first-order valence-corrected chi connectivity index (χ1v) is 4.04. The van der Waals surface area contributed by atoms with E-state index in [9.17, 15) is 10.1 Å². The normalized spacial score (nSPS) is 12.8. The molecule has 0 aliphatic carbocycles. The molecule has 1 unspecified atom stereocenters. The van der Waals surface area contributed by atoms with Crippen LogP contribution in [0.4, 0.5) is 5.82 Å². The van der Waals surface area contributed by atoms with E-state index in [1.165, 1.54) is 6.07 Å². The van der Waals surface area contributed by atoms with Crippen LogP contribution in [0.1, 0.15) is 19.0 Å². The van der Waals surface area contributed by atoms with Crippen LogP contribution in [0.15, 0.2) is 6.07 Å². The molecule has 0 spiro atoms. The van der Waals surface area contributed by atoms with Gasteiger partial charge in [0, 0.05) is 6.04 Å². The van der Waals surface area contributed by atoms with E-state index in [0.717, 1.165) is 6.42 Å². The Morgan fingerprint density at radius 3 is 3.00 bits per heavy atom. The first-order valence-electron chi connectivity index (χ1n) is 4.04. The summed E-state index contributed by atoms with van der Waals surface area (Å²) in [6.07, 6.45) is 1.45. The second-order valence-electron chi connectivity index (χ2n) is 3.02. The van der Waals surface area contributed by atoms with Gasteiger partial charge in [0.1, 0.15) is 0 Å². The van der Waals surface area contributed by atoms with Crippen molar-refractivity contribution in [3.63, 3.8) is 0 Å². The lowest BCUT2D eigenvalue weighted by atomic mass is 10.1. The molecular formula is C7H12N4O2. The van der Waals surface area contributed by atoms with Gasteiger partial charge in [-0.15, -0.1) is 5.10 Å². The van der Waals surface area contributed by atoms with E-state index in [0.29, 0.717) is 12.1 Å². The molecule has 1 aromatic rings. The SMILES string of the molecule is CC(N)CCc1cc([N+](=O)[O-])[nH]n1. The molecule has 0 saturated heterocycles. The van der Waals surface area contributed by atoms with E-state index in [1.807, 2.05) is 6.92 Å². The molecule has 0 bridgehead atoms. The molecule has 0 saturated carbocycles. The third-order valence-electron chi connectivity index (χ3n) is 1.67. The summed E-state index contributed by atoms with van der Waals surface area (Å²) in [5.41, 5.74) is 6.22. The van der Waals surface area contributed by atoms with Crippen molar-refractivity contribution in [2.24, 2.45) is 5.73 Å². The molecule has 1 rings (SSSR count). The minimum absolute atomic E-state index is 0.0697. The molecule has 0 radical (unpaired) electrons. The van der Waals surface area contributed by atoms with Gasteiger partial charge in [0.15, 0.2) is 0 Å². The first-order chi connectivity index (χ1) is 6.09. The fourth-order valence-electron chi connectivity index (χ4n) is 0.949. The summed E-state index contributed by atoms with van der Waals surface area (Å²) in [6.45, 7) is 1.89. The fraction of sp³-hybridized carbons (Fsp3) is 0.571. The van der Waals surface area contributed by atoms with Crippen LogP contribution in [0.3, 0.4) is 0 Å². The number of aromatic amines is 1. The van der Waals surface area contributed by atoms with Crippen LogP contribution < -0.4 is 5.73 Å². The Balaban J connectivity index is 2.54. The number of aromatic nitrogens is 2. The van der Waals surface area contributed by atoms with Crippen molar-refractivity contribution < 1.29 is 4.92 Å². The number of hydrogen-bond donors (Lipinski definition) is 2. The molecule has 1 aromatic heterocycles. The molecule has 13 heavy (non-hydrogen) atoms. The van der Waals surface area contributed by atoms with Crippen molar-refractivity contribution in [1.29, 1.82) is 0 Å². The Bertz CT molecular complexity index is 294. The third-order valence-corrected chi connectivity index (χ3v) is 1.67. The number of rotatable bonds is 4. The van der Waals surface area contributed by atoms with Gasteiger partial charge in [-0.05, 0) is 24.7 Å². The van der Waals surface area contributed by atoms with E-state index >= 15 is 0 Å². The third kappa shape index (κ3) is 2.83. The number of nitrogens with two attached hydrogens (primary N) is 1. The van der Waals surface area contributed by atoms with Gasteiger partial charge in [0.25, 0.3) is 0 Å². The summed E-state index contributed by atoms with van der Waals surface area (Å²) in [4.78, 5) is 9.76. The maximum Gasteiger partial charge on any atom is 0.342 e. The highest BCUT2D eigenvalue weighted by Crippen LogP contribution is 2.09. The zero-order chi connectivity index (χ0) is 9.84. The van der Waals surface area contributed by atoms with Crippen LogP contribution in [-0.4, -0.2) is 21.2 Å². The Labute approximate surface area is 75.3 Å². The van der Waals surface area contributed by atoms with Crippen LogP contribution in [0, 0.1) is 10.1 Å². The van der Waals surface area contributed by atoms with Crippen molar-refractivity contribution in [3.05, 3.63) is 21.9 Å². The van der Waals surface area contributed by atoms with Crippen LogP contribution in [0.2, 0.25) is 0 Å². The predicted octanol–water partition coefficient (Wildman–Crippen LogP) is 0.598. The topological polar surface area (TPSA) is 97.8 Å². The maximum absolute atomic E-state index is 10.3. The molecule has 0 amide bonds. The lowest BCUT2D eigenvalue weighted by Gasteiger charge is -1.99. The minimum atomic E-state index is -0.498. The molecule has 0 fully saturated rings. The lowest BCUT2D eigenvalue weighted by molar-refractivity contribution is -0.389. The van der Waals surface area contributed by atoms with E-state index in [4.69, 9.17) is 5.73 Å². The van der Waals surface area contributed by atoms with Gasteiger partial charge in [-0.1, -0.05) is 5.10 Å². The van der Waals surface area contributed by atoms with E-state index < -0.39 is 4.92 Å². The fourth-order valence-corrected chi connectivity index (χ4v) is 0.949. The summed E-state index contributed by atoms with van der Waals surface area (Å²) < 4.78 is 0. The Hall–Kier alpha value is -1.43. The molecule has 0 aliphatic heterocycles. The van der Waals surface area contributed by atoms with Crippen LogP contribution in [-0.2, 0) is 6.42 Å². The summed E-state index contributed by atoms with van der Waals surface area (Å²) >= 11 is 0. The number of aryl methyl sites for hydroxylation is 1. The second kappa shape index (κ2) is 3.99. The van der Waals surface area contributed by atoms with Crippen molar-refractivity contribution in [2.75, 3.05) is 0 Å². The van der Waals surface area contributed by atoms with Crippen LogP contribution in [0.5, 0.6) is 0 Å². The molecule has 1 atom stereocenters. The van der Waals surface area contributed by atoms with Crippen molar-refractivity contribution in [1.82, 2.24) is 10.2 Å². The van der Waals surface area contributed by atoms with Gasteiger partial charge in [-0.25, -0.2) is 0 Å². The Kier molecular flexibility index (Phi) is 2.97. The first kappa shape index (κ1) is 9.66. The maximum atomic E-state index is 10.3. The van der Waals surface area contributed by atoms with Crippen molar-refractivity contribution >= 4 is 5.82 Å². The average Bonchev–Trinajstić information content (AvgIpc) is 2.48. The largest absolute Gasteiger partial charge is 0.358 e. The van der Waals surface area contributed by atoms with Gasteiger partial charge in [-0.3, -0.25) is 0 Å². The highest BCUT2D eigenvalue weighted by molar-refractivity contribution is 5.20. The number of nitro groups is 1. The molecule has 0 aliphatic rings. The zero-order valence-electron chi connectivity index (χ0n) is 7.36. The highest BCUT2D eigenvalue weighted by Gasteiger charge is 2.09. The zero-order valence-corrected chi connectivity index (χ0v) is 7.36. The molecular weight excluding hydrogens is 172 g/mol. The van der Waals surface area contributed by atoms with E-state index in [2.05, 4.69) is 10.2 Å². The van der Waals surface area contributed by atoms with Gasteiger partial charge >= 0.3 is 5.82 Å². The van der Waals surface area contributed by atoms with Gasteiger partial charge in [-0.2, -0.15) is 0 Å². The molecule has 3 N–H and O–H groups in total. The summed E-state index contributed by atoms with van der Waals surface area (Å²) in [7, 11) is 0. The predicted molar refractivity (Wildman–Crippen MR) is 47.2 cm³/mol. The monoisotopic (exact) mass is 184 g/mol. The smallest absolute Gasteiger partial charge is 0.342 e. The summed E-state index contributed by atoms with van der Waals surface area (Å²) in [5.74, 6) is -0.0697. The van der Waals surface area contributed by atoms with Crippen molar-refractivity contribution in [3.8, 4) is 0 Å². The van der Waals surface area contributed by atoms with Gasteiger partial charge in [0.2, 0.25) is 0 Å². The second-order valence-corrected chi connectivity index (χ2v) is 3.02. The number of nitrogens with one attached hydrogen (secondary N) is 1. The molecule has 6 nitrogen and oxygen atoms in total. The minimum Gasteiger partial charge on any atom is -0.358 e. The average molecular weight is 184 g/mol. The molecule has 72 valence electrons. The van der Waals surface area contributed by atoms with E-state index in [1.54, 1.807) is 0 Å². The number of hydrogen-bond acceptors (Lipinski definition) is 4. The molecule has 6 heteroatoms. The highest BCUT2D eigenvalue weighted by atomic mass is 16.6. The Morgan fingerprint density at radius 1 is 1.85 bits per heavy atom. The van der Waals surface area contributed by atoms with Crippen LogP contribution in [0.25, 0.3) is 0 Å². The lowest BCUT2D eigenvalue weighted by Crippen LogP contribution is -2.15. The standard InChI is InChI=1S/C7H12N4O2/c1-5(8)2-3-6-4-7(10-9-6)11(12)13/h4-5H,2-3,8H2,1H3,(H,9,10). The molecule has 0 aromatic carbocycles. The van der Waals surface area contributed by atoms with Crippen LogP contribution >= 0.6 is 0 Å². The van der Waals surface area contributed by atoms with Gasteiger partial charge in [0.05, 0.1) is 11.8 Å².